The van der Waals surface area contributed by atoms with Gasteiger partial charge >= 0.3 is 18.0 Å². The van der Waals surface area contributed by atoms with Gasteiger partial charge < -0.3 is 10.6 Å². The molecule has 0 aliphatic rings. The van der Waals surface area contributed by atoms with Crippen LogP contribution in [0.15, 0.2) is 24.3 Å². The maximum atomic E-state index is 13.1. The lowest BCUT2D eigenvalue weighted by atomic mass is 10.2. The third-order valence-electron chi connectivity index (χ3n) is 2.59. The van der Waals surface area contributed by atoms with Crippen LogP contribution in [0.2, 0.25) is 0 Å². The van der Waals surface area contributed by atoms with Crippen molar-refractivity contribution < 1.29 is 31.1 Å². The van der Waals surface area contributed by atoms with Gasteiger partial charge in [-0.1, -0.05) is 0 Å². The van der Waals surface area contributed by atoms with Crippen molar-refractivity contribution in [2.24, 2.45) is 5.73 Å². The molecule has 1 aromatic rings. The molecule has 0 bridgehead atoms. The van der Waals surface area contributed by atoms with E-state index in [-0.39, 0.29) is 23.6 Å². The van der Waals surface area contributed by atoms with E-state index in [1.807, 2.05) is 0 Å². The summed E-state index contributed by atoms with van der Waals surface area (Å²) in [6, 6.07) is 3.58. The molecule has 1 aromatic carbocycles. The molecule has 0 saturated carbocycles. The Bertz CT molecular complexity index is 486. The van der Waals surface area contributed by atoms with Crippen LogP contribution < -0.4 is 10.6 Å². The number of nitrogens with two attached hydrogens (primary N) is 1. The average Bonchev–Trinajstić information content (AvgIpc) is 2.39. The smallest absolute Gasteiger partial charge is 0.330 e. The highest BCUT2D eigenvalue weighted by atomic mass is 19.4. The van der Waals surface area contributed by atoms with Crippen LogP contribution in [0.1, 0.15) is 6.42 Å². The lowest BCUT2D eigenvalue weighted by Crippen LogP contribution is -2.52. The monoisotopic (exact) mass is 314 g/mol. The first-order valence-electron chi connectivity index (χ1n) is 5.83. The number of hydrogen-bond acceptors (Lipinski definition) is 2. The van der Waals surface area contributed by atoms with Gasteiger partial charge in [0.05, 0.1) is 0 Å². The van der Waals surface area contributed by atoms with Gasteiger partial charge in [0.15, 0.2) is 0 Å². The summed E-state index contributed by atoms with van der Waals surface area (Å²) in [6.45, 7) is -0.449. The summed E-state index contributed by atoms with van der Waals surface area (Å²) >= 11 is 0. The molecule has 0 spiro atoms. The summed E-state index contributed by atoms with van der Waals surface area (Å²) in [5, 5.41) is 0. The van der Waals surface area contributed by atoms with Crippen molar-refractivity contribution in [2.75, 3.05) is 18.0 Å². The number of carbonyl (C=O) groups excluding carboxylic acids is 1. The molecular weight excluding hydrogens is 302 g/mol. The van der Waals surface area contributed by atoms with Gasteiger partial charge in [-0.2, -0.15) is 22.0 Å². The maximum Gasteiger partial charge on any atom is 0.463 e. The molecular formula is C12H12F6N2O. The second kappa shape index (κ2) is 6.33. The Morgan fingerprint density at radius 3 is 2.05 bits per heavy atom. The Kier molecular flexibility index (Phi) is 5.21. The fourth-order valence-electron chi connectivity index (χ4n) is 1.51. The van der Waals surface area contributed by atoms with Gasteiger partial charge in [0, 0.05) is 12.2 Å². The molecule has 0 radical (unpaired) electrons. The summed E-state index contributed by atoms with van der Waals surface area (Å²) in [6.07, 6.45) is -6.00. The first kappa shape index (κ1) is 17.3. The molecule has 0 unspecified atom stereocenters. The molecule has 0 saturated heterocycles. The predicted octanol–water partition coefficient (Wildman–Crippen LogP) is 2.71. The molecule has 0 aliphatic heterocycles. The molecule has 21 heavy (non-hydrogen) atoms. The van der Waals surface area contributed by atoms with Crippen LogP contribution in [-0.2, 0) is 4.79 Å². The van der Waals surface area contributed by atoms with E-state index in [0.717, 1.165) is 24.3 Å². The van der Waals surface area contributed by atoms with Crippen LogP contribution in [0, 0.1) is 5.82 Å². The van der Waals surface area contributed by atoms with Crippen LogP contribution in [-0.4, -0.2) is 31.1 Å². The zero-order chi connectivity index (χ0) is 16.3. The number of alkyl halides is 5. The number of nitrogens with zero attached hydrogens (tertiary/aromatic N) is 1. The van der Waals surface area contributed by atoms with Gasteiger partial charge in [-0.05, 0) is 37.2 Å². The van der Waals surface area contributed by atoms with Crippen LogP contribution >= 0.6 is 0 Å². The van der Waals surface area contributed by atoms with E-state index >= 15 is 0 Å². The number of anilines is 1. The number of benzene rings is 1. The second-order valence-electron chi connectivity index (χ2n) is 4.15. The minimum absolute atomic E-state index is 0.0110. The fraction of sp³-hybridized carbons (Fsp3) is 0.417. The Morgan fingerprint density at radius 2 is 1.62 bits per heavy atom. The zero-order valence-electron chi connectivity index (χ0n) is 10.6. The van der Waals surface area contributed by atoms with Crippen LogP contribution in [0.25, 0.3) is 0 Å². The fourth-order valence-corrected chi connectivity index (χ4v) is 1.51. The SMILES string of the molecule is NCCCN(C(=O)C(F)(F)C(F)(F)F)c1ccc(F)cc1. The lowest BCUT2D eigenvalue weighted by molar-refractivity contribution is -0.268. The van der Waals surface area contributed by atoms with Crippen molar-refractivity contribution in [1.82, 2.24) is 0 Å². The van der Waals surface area contributed by atoms with Gasteiger partial charge in [0.1, 0.15) is 5.82 Å². The van der Waals surface area contributed by atoms with E-state index in [4.69, 9.17) is 5.73 Å². The number of rotatable bonds is 5. The molecule has 0 aliphatic carbocycles. The van der Waals surface area contributed by atoms with E-state index in [0.29, 0.717) is 0 Å². The molecule has 118 valence electrons. The predicted molar refractivity (Wildman–Crippen MR) is 63.4 cm³/mol. The zero-order valence-corrected chi connectivity index (χ0v) is 10.6. The number of amides is 1. The molecule has 0 heterocycles. The molecule has 9 heteroatoms. The molecule has 0 atom stereocenters. The summed E-state index contributed by atoms with van der Waals surface area (Å²) in [7, 11) is 0. The second-order valence-corrected chi connectivity index (χ2v) is 4.15. The van der Waals surface area contributed by atoms with Gasteiger partial charge in [-0.3, -0.25) is 4.79 Å². The first-order chi connectivity index (χ1) is 9.61. The van der Waals surface area contributed by atoms with E-state index in [1.165, 1.54) is 0 Å². The average molecular weight is 314 g/mol. The molecule has 3 nitrogen and oxygen atoms in total. The minimum Gasteiger partial charge on any atom is -0.330 e. The Labute approximate surface area is 116 Å². The highest BCUT2D eigenvalue weighted by molar-refractivity contribution is 5.98. The van der Waals surface area contributed by atoms with Crippen molar-refractivity contribution in [3.63, 3.8) is 0 Å². The Morgan fingerprint density at radius 1 is 1.10 bits per heavy atom. The Balaban J connectivity index is 3.13. The van der Waals surface area contributed by atoms with Crippen molar-refractivity contribution in [3.05, 3.63) is 30.1 Å². The van der Waals surface area contributed by atoms with Crippen LogP contribution in [0.3, 0.4) is 0 Å². The quantitative estimate of drug-likeness (QED) is 0.850. The largest absolute Gasteiger partial charge is 0.463 e. The van der Waals surface area contributed by atoms with E-state index in [9.17, 15) is 31.1 Å². The summed E-state index contributed by atoms with van der Waals surface area (Å²) in [5.74, 6) is -8.67. The van der Waals surface area contributed by atoms with Gasteiger partial charge in [-0.15, -0.1) is 0 Å². The van der Waals surface area contributed by atoms with Crippen molar-refractivity contribution in [1.29, 1.82) is 0 Å². The first-order valence-corrected chi connectivity index (χ1v) is 5.83. The third-order valence-corrected chi connectivity index (χ3v) is 2.59. The number of halogens is 6. The van der Waals surface area contributed by atoms with E-state index < -0.39 is 30.4 Å². The third kappa shape index (κ3) is 3.87. The van der Waals surface area contributed by atoms with Gasteiger partial charge in [-0.25, -0.2) is 4.39 Å². The van der Waals surface area contributed by atoms with Crippen molar-refractivity contribution in [3.8, 4) is 0 Å². The molecule has 0 fully saturated rings. The van der Waals surface area contributed by atoms with E-state index in [2.05, 4.69) is 0 Å². The highest BCUT2D eigenvalue weighted by Gasteiger charge is 2.64. The van der Waals surface area contributed by atoms with Gasteiger partial charge in [0.25, 0.3) is 0 Å². The summed E-state index contributed by atoms with van der Waals surface area (Å²) in [5.41, 5.74) is 4.90. The topological polar surface area (TPSA) is 46.3 Å². The number of carbonyl (C=O) groups is 1. The highest BCUT2D eigenvalue weighted by Crippen LogP contribution is 2.37. The molecule has 0 aromatic heterocycles. The van der Waals surface area contributed by atoms with E-state index in [1.54, 1.807) is 0 Å². The molecule has 2 N–H and O–H groups in total. The molecule has 1 rings (SSSR count). The Hall–Kier alpha value is -1.77. The van der Waals surface area contributed by atoms with Crippen molar-refractivity contribution in [2.45, 2.75) is 18.5 Å². The van der Waals surface area contributed by atoms with Crippen molar-refractivity contribution >= 4 is 11.6 Å². The lowest BCUT2D eigenvalue weighted by Gasteiger charge is -2.28. The van der Waals surface area contributed by atoms with Crippen LogP contribution in [0.5, 0.6) is 0 Å². The number of hydrogen-bond donors (Lipinski definition) is 1. The molecule has 1 amide bonds. The summed E-state index contributed by atoms with van der Waals surface area (Å²) in [4.78, 5) is 11.8. The van der Waals surface area contributed by atoms with Crippen LogP contribution in [0.4, 0.5) is 32.0 Å². The van der Waals surface area contributed by atoms with Gasteiger partial charge in [0.2, 0.25) is 0 Å². The summed E-state index contributed by atoms with van der Waals surface area (Å²) < 4.78 is 75.9. The minimum atomic E-state index is -6.01. The standard InChI is InChI=1S/C12H12F6N2O/c13-8-2-4-9(5-3-8)20(7-1-6-19)10(21)11(14,15)12(16,17)18/h2-5H,1,6-7,19H2. The maximum absolute atomic E-state index is 13.1. The normalized spacial score (nSPS) is 12.3.